The molecule has 0 aliphatic carbocycles. The first-order valence-corrected chi connectivity index (χ1v) is 8.35. The number of nitrogen functional groups attached to an aromatic ring is 1. The van der Waals surface area contributed by atoms with Crippen LogP contribution in [-0.2, 0) is 0 Å². The summed E-state index contributed by atoms with van der Waals surface area (Å²) in [7, 11) is 0. The van der Waals surface area contributed by atoms with Crippen LogP contribution in [0.2, 0.25) is 5.02 Å². The van der Waals surface area contributed by atoms with Crippen LogP contribution in [0.3, 0.4) is 0 Å². The van der Waals surface area contributed by atoms with Crippen molar-refractivity contribution in [1.82, 2.24) is 14.6 Å². The number of halogens is 1. The second-order valence-electron chi connectivity index (χ2n) is 5.64. The van der Waals surface area contributed by atoms with Crippen LogP contribution in [0, 0.1) is 11.3 Å². The third-order valence-electron chi connectivity index (χ3n) is 3.91. The molecule has 0 fully saturated rings. The van der Waals surface area contributed by atoms with Gasteiger partial charge in [-0.25, -0.2) is 9.50 Å². The standard InChI is InChI=1S/C19H12ClN7/c20-14-6-8-15(9-7-14)24-25-16-18(22)26-27-17(12-4-2-1-3-5-12)13(10-21)11-23-19(16)27/h1-9,11H,(H2,22,26). The predicted octanol–water partition coefficient (Wildman–Crippen LogP) is 4.92. The molecule has 2 aromatic heterocycles. The zero-order valence-corrected chi connectivity index (χ0v) is 14.7. The summed E-state index contributed by atoms with van der Waals surface area (Å²) in [5, 5.41) is 22.8. The van der Waals surface area contributed by atoms with Crippen LogP contribution in [0.1, 0.15) is 5.56 Å². The first-order valence-electron chi connectivity index (χ1n) is 7.97. The first kappa shape index (κ1) is 16.7. The summed E-state index contributed by atoms with van der Waals surface area (Å²) >= 11 is 5.88. The second kappa shape index (κ2) is 6.86. The van der Waals surface area contributed by atoms with Crippen molar-refractivity contribution in [2.45, 2.75) is 0 Å². The summed E-state index contributed by atoms with van der Waals surface area (Å²) in [6.45, 7) is 0. The van der Waals surface area contributed by atoms with Gasteiger partial charge in [0.05, 0.1) is 16.9 Å². The van der Waals surface area contributed by atoms with Gasteiger partial charge in [-0.3, -0.25) is 0 Å². The minimum atomic E-state index is 0.174. The number of aromatic nitrogens is 3. The van der Waals surface area contributed by atoms with Gasteiger partial charge in [0.2, 0.25) is 0 Å². The lowest BCUT2D eigenvalue weighted by molar-refractivity contribution is 0.949. The van der Waals surface area contributed by atoms with Crippen LogP contribution >= 0.6 is 11.6 Å². The molecule has 0 saturated heterocycles. The van der Waals surface area contributed by atoms with E-state index in [2.05, 4.69) is 26.4 Å². The molecule has 0 aliphatic rings. The molecule has 0 amide bonds. The van der Waals surface area contributed by atoms with Gasteiger partial charge in [0.25, 0.3) is 0 Å². The molecule has 2 heterocycles. The molecule has 0 unspecified atom stereocenters. The Bertz CT molecular complexity index is 1190. The first-order chi connectivity index (χ1) is 13.2. The van der Waals surface area contributed by atoms with E-state index in [-0.39, 0.29) is 5.82 Å². The van der Waals surface area contributed by atoms with Crippen molar-refractivity contribution in [3.05, 3.63) is 71.4 Å². The van der Waals surface area contributed by atoms with Crippen molar-refractivity contribution in [3.63, 3.8) is 0 Å². The van der Waals surface area contributed by atoms with Crippen molar-refractivity contribution >= 4 is 34.4 Å². The number of nitrogens with two attached hydrogens (primary N) is 1. The highest BCUT2D eigenvalue weighted by Crippen LogP contribution is 2.32. The third kappa shape index (κ3) is 3.10. The van der Waals surface area contributed by atoms with Gasteiger partial charge < -0.3 is 5.73 Å². The van der Waals surface area contributed by atoms with Crippen molar-refractivity contribution in [2.75, 3.05) is 5.73 Å². The lowest BCUT2D eigenvalue weighted by Crippen LogP contribution is -2.00. The van der Waals surface area contributed by atoms with E-state index < -0.39 is 0 Å². The maximum Gasteiger partial charge on any atom is 0.185 e. The van der Waals surface area contributed by atoms with Gasteiger partial charge in [0.1, 0.15) is 6.07 Å². The summed E-state index contributed by atoms with van der Waals surface area (Å²) < 4.78 is 1.53. The lowest BCUT2D eigenvalue weighted by atomic mass is 10.1. The van der Waals surface area contributed by atoms with E-state index in [4.69, 9.17) is 17.3 Å². The summed E-state index contributed by atoms with van der Waals surface area (Å²) in [6, 6.07) is 18.5. The molecule has 4 rings (SSSR count). The fourth-order valence-electron chi connectivity index (χ4n) is 2.66. The molecule has 7 nitrogen and oxygen atoms in total. The fourth-order valence-corrected chi connectivity index (χ4v) is 2.78. The minimum Gasteiger partial charge on any atom is -0.380 e. The summed E-state index contributed by atoms with van der Waals surface area (Å²) in [5.74, 6) is 0.174. The van der Waals surface area contributed by atoms with E-state index in [0.717, 1.165) is 5.56 Å². The quantitative estimate of drug-likeness (QED) is 0.514. The van der Waals surface area contributed by atoms with Gasteiger partial charge >= 0.3 is 0 Å². The molecule has 27 heavy (non-hydrogen) atoms. The van der Waals surface area contributed by atoms with Gasteiger partial charge in [-0.05, 0) is 24.3 Å². The molecule has 8 heteroatoms. The lowest BCUT2D eigenvalue weighted by Gasteiger charge is -2.06. The number of fused-ring (bicyclic) bond motifs is 1. The van der Waals surface area contributed by atoms with E-state index in [9.17, 15) is 5.26 Å². The van der Waals surface area contributed by atoms with Crippen LogP contribution < -0.4 is 5.73 Å². The zero-order chi connectivity index (χ0) is 18.8. The number of nitriles is 1. The normalized spacial score (nSPS) is 11.1. The Morgan fingerprint density at radius 3 is 2.48 bits per heavy atom. The molecule has 130 valence electrons. The number of rotatable bonds is 3. The largest absolute Gasteiger partial charge is 0.380 e. The van der Waals surface area contributed by atoms with Crippen LogP contribution in [0.15, 0.2) is 71.0 Å². The number of hydrogen-bond acceptors (Lipinski definition) is 6. The second-order valence-corrected chi connectivity index (χ2v) is 6.08. The van der Waals surface area contributed by atoms with E-state index in [1.807, 2.05) is 30.3 Å². The smallest absolute Gasteiger partial charge is 0.185 e. The van der Waals surface area contributed by atoms with Crippen LogP contribution in [0.5, 0.6) is 0 Å². The molecule has 0 spiro atoms. The molecular formula is C19H12ClN7. The van der Waals surface area contributed by atoms with Gasteiger partial charge in [0, 0.05) is 16.8 Å². The third-order valence-corrected chi connectivity index (χ3v) is 4.16. The number of nitrogens with zero attached hydrogens (tertiary/aromatic N) is 6. The number of benzene rings is 2. The summed E-state index contributed by atoms with van der Waals surface area (Å²) in [4.78, 5) is 4.31. The van der Waals surface area contributed by atoms with E-state index in [1.165, 1.54) is 10.7 Å². The maximum atomic E-state index is 9.47. The van der Waals surface area contributed by atoms with Gasteiger partial charge in [-0.15, -0.1) is 10.2 Å². The van der Waals surface area contributed by atoms with Crippen LogP contribution in [0.4, 0.5) is 17.2 Å². The van der Waals surface area contributed by atoms with Crippen molar-refractivity contribution in [3.8, 4) is 17.3 Å². The molecule has 0 aliphatic heterocycles. The minimum absolute atomic E-state index is 0.174. The predicted molar refractivity (Wildman–Crippen MR) is 103 cm³/mol. The number of anilines is 1. The SMILES string of the molecule is N#Cc1cnc2c(N=Nc3ccc(Cl)cc3)c(N)nn2c1-c1ccccc1. The van der Waals surface area contributed by atoms with E-state index in [1.54, 1.807) is 24.3 Å². The van der Waals surface area contributed by atoms with E-state index >= 15 is 0 Å². The van der Waals surface area contributed by atoms with E-state index in [0.29, 0.717) is 33.3 Å². The molecule has 4 aromatic rings. The Hall–Kier alpha value is -3.76. The van der Waals surface area contributed by atoms with Crippen LogP contribution in [-0.4, -0.2) is 14.6 Å². The Morgan fingerprint density at radius 2 is 1.78 bits per heavy atom. The fraction of sp³-hybridized carbons (Fsp3) is 0. The maximum absolute atomic E-state index is 9.47. The summed E-state index contributed by atoms with van der Waals surface area (Å²) in [6.07, 6.45) is 1.49. The van der Waals surface area contributed by atoms with Gasteiger partial charge in [-0.1, -0.05) is 41.9 Å². The van der Waals surface area contributed by atoms with Crippen LogP contribution in [0.25, 0.3) is 16.9 Å². The topological polar surface area (TPSA) is 105 Å². The van der Waals surface area contributed by atoms with Crippen molar-refractivity contribution in [1.29, 1.82) is 5.26 Å². The molecule has 0 atom stereocenters. The van der Waals surface area contributed by atoms with Crippen molar-refractivity contribution < 1.29 is 0 Å². The highest BCUT2D eigenvalue weighted by Gasteiger charge is 2.18. The molecule has 2 N–H and O–H groups in total. The molecule has 0 bridgehead atoms. The highest BCUT2D eigenvalue weighted by molar-refractivity contribution is 6.30. The average molecular weight is 374 g/mol. The Morgan fingerprint density at radius 1 is 1.04 bits per heavy atom. The highest BCUT2D eigenvalue weighted by atomic mass is 35.5. The van der Waals surface area contributed by atoms with Gasteiger partial charge in [0.15, 0.2) is 17.2 Å². The Labute approximate surface area is 159 Å². The molecule has 2 aromatic carbocycles. The Kier molecular flexibility index (Phi) is 4.24. The van der Waals surface area contributed by atoms with Crippen molar-refractivity contribution in [2.24, 2.45) is 10.2 Å². The monoisotopic (exact) mass is 373 g/mol. The Balaban J connectivity index is 1.88. The molecule has 0 saturated carbocycles. The zero-order valence-electron chi connectivity index (χ0n) is 13.9. The average Bonchev–Trinajstić information content (AvgIpc) is 3.02. The number of hydrogen-bond donors (Lipinski definition) is 1. The van der Waals surface area contributed by atoms with Gasteiger partial charge in [-0.2, -0.15) is 10.4 Å². The molecule has 0 radical (unpaired) electrons. The number of azo groups is 1. The molecular weight excluding hydrogens is 362 g/mol. The summed E-state index contributed by atoms with van der Waals surface area (Å²) in [5.41, 5.74) is 9.24.